The minimum atomic E-state index is 0.575. The van der Waals surface area contributed by atoms with E-state index in [9.17, 15) is 0 Å². The maximum absolute atomic E-state index is 6.25. The van der Waals surface area contributed by atoms with Crippen molar-refractivity contribution in [2.24, 2.45) is 5.10 Å². The van der Waals surface area contributed by atoms with Crippen molar-refractivity contribution >= 4 is 45.9 Å². The van der Waals surface area contributed by atoms with Gasteiger partial charge in [0.05, 0.1) is 23.5 Å². The first-order valence-corrected chi connectivity index (χ1v) is 11.7. The van der Waals surface area contributed by atoms with Gasteiger partial charge in [0.25, 0.3) is 0 Å². The van der Waals surface area contributed by atoms with Gasteiger partial charge in [-0.25, -0.2) is 4.98 Å². The summed E-state index contributed by atoms with van der Waals surface area (Å²) < 4.78 is 5.79. The zero-order valence-corrected chi connectivity index (χ0v) is 19.2. The SMILES string of the molecule is CCCCCCCOc1ccc(/C=N\Nc2nc(-c3ccc(Cl)cc3Cl)cs2)cc1. The predicted molar refractivity (Wildman–Crippen MR) is 129 cm³/mol. The molecule has 0 fully saturated rings. The first kappa shape index (κ1) is 22.6. The topological polar surface area (TPSA) is 46.5 Å². The molecule has 0 amide bonds. The Morgan fingerprint density at radius 1 is 1.07 bits per heavy atom. The molecule has 0 atom stereocenters. The molecule has 2 aromatic carbocycles. The van der Waals surface area contributed by atoms with Gasteiger partial charge in [-0.2, -0.15) is 5.10 Å². The Labute approximate surface area is 191 Å². The smallest absolute Gasteiger partial charge is 0.203 e. The van der Waals surface area contributed by atoms with Gasteiger partial charge in [-0.15, -0.1) is 11.3 Å². The number of nitrogens with one attached hydrogen (secondary N) is 1. The zero-order valence-electron chi connectivity index (χ0n) is 16.9. The van der Waals surface area contributed by atoms with Crippen LogP contribution in [0.3, 0.4) is 0 Å². The molecule has 0 aliphatic carbocycles. The first-order valence-electron chi connectivity index (χ1n) is 10.1. The molecule has 0 bridgehead atoms. The van der Waals surface area contributed by atoms with Crippen LogP contribution in [0, 0.1) is 0 Å². The summed E-state index contributed by atoms with van der Waals surface area (Å²) in [6, 6.07) is 13.3. The van der Waals surface area contributed by atoms with Crippen LogP contribution in [0.5, 0.6) is 5.75 Å². The molecule has 4 nitrogen and oxygen atoms in total. The summed E-state index contributed by atoms with van der Waals surface area (Å²) in [7, 11) is 0. The van der Waals surface area contributed by atoms with E-state index in [1.807, 2.05) is 35.7 Å². The third kappa shape index (κ3) is 7.01. The van der Waals surface area contributed by atoms with Crippen LogP contribution >= 0.6 is 34.5 Å². The number of thiazole rings is 1. The summed E-state index contributed by atoms with van der Waals surface area (Å²) in [6.45, 7) is 2.99. The molecule has 0 spiro atoms. The Morgan fingerprint density at radius 3 is 2.63 bits per heavy atom. The summed E-state index contributed by atoms with van der Waals surface area (Å²) in [5.74, 6) is 0.889. The molecule has 1 N–H and O–H groups in total. The molecular formula is C23H25Cl2N3OS. The number of hydrogen-bond donors (Lipinski definition) is 1. The molecule has 7 heteroatoms. The lowest BCUT2D eigenvalue weighted by molar-refractivity contribution is 0.304. The van der Waals surface area contributed by atoms with Crippen LogP contribution in [-0.4, -0.2) is 17.8 Å². The van der Waals surface area contributed by atoms with E-state index in [0.717, 1.165) is 35.6 Å². The number of anilines is 1. The summed E-state index contributed by atoms with van der Waals surface area (Å²) in [5.41, 5.74) is 5.58. The Balaban J connectivity index is 1.47. The number of halogens is 2. The minimum Gasteiger partial charge on any atom is -0.494 e. The zero-order chi connectivity index (χ0) is 21.2. The number of aromatic nitrogens is 1. The van der Waals surface area contributed by atoms with Crippen LogP contribution in [0.25, 0.3) is 11.3 Å². The second-order valence-electron chi connectivity index (χ2n) is 6.86. The average Bonchev–Trinajstić information content (AvgIpc) is 3.20. The van der Waals surface area contributed by atoms with Crippen LogP contribution in [0.2, 0.25) is 10.0 Å². The molecule has 3 aromatic rings. The highest BCUT2D eigenvalue weighted by Gasteiger charge is 2.08. The molecule has 0 aliphatic rings. The molecule has 30 heavy (non-hydrogen) atoms. The number of unbranched alkanes of at least 4 members (excludes halogenated alkanes) is 4. The fraction of sp³-hybridized carbons (Fsp3) is 0.304. The quantitative estimate of drug-likeness (QED) is 0.179. The Bertz CT molecular complexity index is 957. The van der Waals surface area contributed by atoms with E-state index in [2.05, 4.69) is 22.4 Å². The van der Waals surface area contributed by atoms with Crippen molar-refractivity contribution in [2.45, 2.75) is 39.0 Å². The van der Waals surface area contributed by atoms with E-state index >= 15 is 0 Å². The Hall–Kier alpha value is -2.08. The van der Waals surface area contributed by atoms with Gasteiger partial charge in [0.1, 0.15) is 5.75 Å². The summed E-state index contributed by atoms with van der Waals surface area (Å²) in [6.07, 6.45) is 7.94. The van der Waals surface area contributed by atoms with Crippen LogP contribution < -0.4 is 10.2 Å². The van der Waals surface area contributed by atoms with Gasteiger partial charge in [0, 0.05) is 16.0 Å². The Morgan fingerprint density at radius 2 is 1.87 bits per heavy atom. The van der Waals surface area contributed by atoms with E-state index in [4.69, 9.17) is 27.9 Å². The van der Waals surface area contributed by atoms with Crippen molar-refractivity contribution in [1.29, 1.82) is 0 Å². The molecule has 0 unspecified atom stereocenters. The number of hydrogen-bond acceptors (Lipinski definition) is 5. The van der Waals surface area contributed by atoms with Crippen LogP contribution in [0.15, 0.2) is 52.9 Å². The number of nitrogens with zero attached hydrogens (tertiary/aromatic N) is 2. The molecule has 0 radical (unpaired) electrons. The van der Waals surface area contributed by atoms with Gasteiger partial charge in [0.2, 0.25) is 5.13 Å². The van der Waals surface area contributed by atoms with Crippen molar-refractivity contribution in [3.63, 3.8) is 0 Å². The van der Waals surface area contributed by atoms with Crippen molar-refractivity contribution in [1.82, 2.24) is 4.98 Å². The molecule has 0 aliphatic heterocycles. The molecular weight excluding hydrogens is 437 g/mol. The molecule has 3 rings (SSSR count). The third-order valence-electron chi connectivity index (χ3n) is 4.48. The number of rotatable bonds is 11. The minimum absolute atomic E-state index is 0.575. The fourth-order valence-corrected chi connectivity index (χ4v) is 4.02. The van der Waals surface area contributed by atoms with Crippen LogP contribution in [-0.2, 0) is 0 Å². The van der Waals surface area contributed by atoms with E-state index in [1.165, 1.54) is 37.0 Å². The molecule has 0 saturated heterocycles. The van der Waals surface area contributed by atoms with Gasteiger partial charge in [-0.3, -0.25) is 5.43 Å². The largest absolute Gasteiger partial charge is 0.494 e. The van der Waals surface area contributed by atoms with Crippen molar-refractivity contribution < 1.29 is 4.74 Å². The van der Waals surface area contributed by atoms with Gasteiger partial charge in [-0.1, -0.05) is 55.8 Å². The second-order valence-corrected chi connectivity index (χ2v) is 8.57. The highest BCUT2D eigenvalue weighted by molar-refractivity contribution is 7.14. The Kier molecular flexibility index (Phi) is 9.00. The normalized spacial score (nSPS) is 11.2. The highest BCUT2D eigenvalue weighted by Crippen LogP contribution is 2.32. The van der Waals surface area contributed by atoms with E-state index in [0.29, 0.717) is 15.2 Å². The molecule has 1 aromatic heterocycles. The monoisotopic (exact) mass is 461 g/mol. The maximum atomic E-state index is 6.25. The van der Waals surface area contributed by atoms with Crippen molar-refractivity contribution in [2.75, 3.05) is 12.0 Å². The average molecular weight is 462 g/mol. The van der Waals surface area contributed by atoms with Gasteiger partial charge in [-0.05, 0) is 54.4 Å². The number of ether oxygens (including phenoxy) is 1. The number of benzene rings is 2. The number of hydrazone groups is 1. The molecule has 158 valence electrons. The van der Waals surface area contributed by atoms with E-state index in [-0.39, 0.29) is 0 Å². The summed E-state index contributed by atoms with van der Waals surface area (Å²) in [5, 5.41) is 8.07. The lowest BCUT2D eigenvalue weighted by atomic mass is 10.2. The van der Waals surface area contributed by atoms with Crippen LogP contribution in [0.1, 0.15) is 44.6 Å². The third-order valence-corrected chi connectivity index (χ3v) is 5.78. The predicted octanol–water partition coefficient (Wildman–Crippen LogP) is 7.91. The second kappa shape index (κ2) is 11.9. The van der Waals surface area contributed by atoms with Crippen molar-refractivity contribution in [3.05, 3.63) is 63.5 Å². The van der Waals surface area contributed by atoms with Crippen LogP contribution in [0.4, 0.5) is 5.13 Å². The van der Waals surface area contributed by atoms with Gasteiger partial charge >= 0.3 is 0 Å². The van der Waals surface area contributed by atoms with E-state index in [1.54, 1.807) is 18.3 Å². The van der Waals surface area contributed by atoms with Crippen molar-refractivity contribution in [3.8, 4) is 17.0 Å². The van der Waals surface area contributed by atoms with Gasteiger partial charge < -0.3 is 4.74 Å². The maximum Gasteiger partial charge on any atom is 0.203 e. The standard InChI is InChI=1S/C23H25Cl2N3OS/c1-2-3-4-5-6-13-29-19-10-7-17(8-11-19)15-26-28-23-27-22(16-30-23)20-12-9-18(24)14-21(20)25/h7-12,14-16H,2-6,13H2,1H3,(H,27,28)/b26-15-. The molecule has 0 saturated carbocycles. The molecule has 1 heterocycles. The van der Waals surface area contributed by atoms with E-state index < -0.39 is 0 Å². The highest BCUT2D eigenvalue weighted by atomic mass is 35.5. The van der Waals surface area contributed by atoms with Gasteiger partial charge in [0.15, 0.2) is 0 Å². The summed E-state index contributed by atoms with van der Waals surface area (Å²) >= 11 is 13.7. The first-order chi connectivity index (χ1) is 14.7. The fourth-order valence-electron chi connectivity index (χ4n) is 2.85. The summed E-state index contributed by atoms with van der Waals surface area (Å²) in [4.78, 5) is 4.52. The lowest BCUT2D eigenvalue weighted by Crippen LogP contribution is -1.97. The lowest BCUT2D eigenvalue weighted by Gasteiger charge is -2.06.